The SMILES string of the molecule is C[C@@H]1CCC2[C@@H](C)[C@H](OC(=O)CN(C)C)O[C@@H]3OC4(C)CCC1[C@@]23OO4. The molecule has 0 aromatic carbocycles. The molecule has 0 N–H and O–H groups in total. The first-order valence-electron chi connectivity index (χ1n) is 9.79. The molecular weight excluding hydrogens is 338 g/mol. The Balaban J connectivity index is 1.63. The summed E-state index contributed by atoms with van der Waals surface area (Å²) >= 11 is 0. The number of nitrogens with zero attached hydrogens (tertiary/aromatic N) is 1. The van der Waals surface area contributed by atoms with Crippen molar-refractivity contribution in [2.45, 2.75) is 70.4 Å². The molecule has 4 aliphatic heterocycles. The van der Waals surface area contributed by atoms with Crippen molar-refractivity contribution >= 4 is 5.97 Å². The van der Waals surface area contributed by atoms with Gasteiger partial charge in [0.05, 0.1) is 6.54 Å². The molecule has 5 rings (SSSR count). The Morgan fingerprint density at radius 3 is 2.65 bits per heavy atom. The molecule has 0 amide bonds. The number of hydrogen-bond acceptors (Lipinski definition) is 7. The minimum atomic E-state index is -0.809. The molecule has 7 heteroatoms. The third-order valence-corrected chi connectivity index (χ3v) is 6.79. The molecule has 7 nitrogen and oxygen atoms in total. The molecule has 26 heavy (non-hydrogen) atoms. The maximum atomic E-state index is 12.2. The Morgan fingerprint density at radius 1 is 1.15 bits per heavy atom. The first kappa shape index (κ1) is 18.6. The maximum Gasteiger partial charge on any atom is 0.322 e. The highest BCUT2D eigenvalue weighted by Crippen LogP contribution is 2.60. The number of carbonyl (C=O) groups excluding carboxylic acids is 1. The van der Waals surface area contributed by atoms with Crippen LogP contribution in [-0.2, 0) is 28.8 Å². The average molecular weight is 369 g/mol. The second-order valence-corrected chi connectivity index (χ2v) is 9.00. The van der Waals surface area contributed by atoms with Gasteiger partial charge in [-0.15, -0.1) is 0 Å². The monoisotopic (exact) mass is 369 g/mol. The van der Waals surface area contributed by atoms with Gasteiger partial charge in [0.1, 0.15) is 0 Å². The van der Waals surface area contributed by atoms with Crippen molar-refractivity contribution < 1.29 is 28.8 Å². The molecule has 0 radical (unpaired) electrons. The number of esters is 1. The molecule has 5 aliphatic rings. The van der Waals surface area contributed by atoms with Gasteiger partial charge in [0.15, 0.2) is 11.9 Å². The molecule has 8 atom stereocenters. The summed E-state index contributed by atoms with van der Waals surface area (Å²) in [6, 6.07) is 0. The Bertz CT molecular complexity index is 570. The molecule has 1 spiro atoms. The summed E-state index contributed by atoms with van der Waals surface area (Å²) in [5.74, 6) is -0.0764. The van der Waals surface area contributed by atoms with Crippen LogP contribution in [0.15, 0.2) is 0 Å². The Morgan fingerprint density at radius 2 is 1.92 bits per heavy atom. The van der Waals surface area contributed by atoms with Crippen molar-refractivity contribution in [3.8, 4) is 0 Å². The molecule has 4 saturated heterocycles. The van der Waals surface area contributed by atoms with Gasteiger partial charge in [0.25, 0.3) is 0 Å². The minimum absolute atomic E-state index is 0.0158. The first-order chi connectivity index (χ1) is 12.2. The van der Waals surface area contributed by atoms with Gasteiger partial charge < -0.3 is 14.2 Å². The molecule has 4 heterocycles. The summed E-state index contributed by atoms with van der Waals surface area (Å²) < 4.78 is 18.1. The molecule has 5 fully saturated rings. The van der Waals surface area contributed by atoms with E-state index in [0.717, 1.165) is 25.7 Å². The number of rotatable bonds is 3. The van der Waals surface area contributed by atoms with E-state index in [-0.39, 0.29) is 24.3 Å². The van der Waals surface area contributed by atoms with Gasteiger partial charge in [-0.05, 0) is 52.1 Å². The van der Waals surface area contributed by atoms with Crippen LogP contribution in [0.4, 0.5) is 0 Å². The van der Waals surface area contributed by atoms with E-state index < -0.39 is 24.0 Å². The Hall–Kier alpha value is -0.730. The van der Waals surface area contributed by atoms with E-state index in [4.69, 9.17) is 24.0 Å². The number of ether oxygens (including phenoxy) is 3. The second-order valence-electron chi connectivity index (χ2n) is 9.00. The number of carbonyl (C=O) groups is 1. The fraction of sp³-hybridized carbons (Fsp3) is 0.947. The van der Waals surface area contributed by atoms with Crippen molar-refractivity contribution in [2.75, 3.05) is 20.6 Å². The average Bonchev–Trinajstić information content (AvgIpc) is 2.78. The molecule has 0 aromatic heterocycles. The van der Waals surface area contributed by atoms with Gasteiger partial charge in [-0.1, -0.05) is 13.8 Å². The Kier molecular flexibility index (Phi) is 4.59. The number of hydrogen-bond donors (Lipinski definition) is 0. The van der Waals surface area contributed by atoms with Gasteiger partial charge in [-0.3, -0.25) is 9.69 Å². The summed E-state index contributed by atoms with van der Waals surface area (Å²) in [5, 5.41) is 0. The van der Waals surface area contributed by atoms with Crippen molar-refractivity contribution in [3.05, 3.63) is 0 Å². The van der Waals surface area contributed by atoms with Crippen molar-refractivity contribution in [2.24, 2.45) is 23.7 Å². The van der Waals surface area contributed by atoms with Crippen LogP contribution in [0.3, 0.4) is 0 Å². The third kappa shape index (κ3) is 2.79. The van der Waals surface area contributed by atoms with E-state index in [2.05, 4.69) is 13.8 Å². The standard InChI is InChI=1S/C19H31NO6/c1-11-6-7-14-12(2)16(22-15(21)10-20(4)5)23-17-19(14)13(11)8-9-18(3,24-17)25-26-19/h11-14,16-17H,6-10H2,1-5H3/t11-,12-,13?,14?,16-,17-,18?,19-/m1/s1. The molecule has 0 aromatic rings. The number of likely N-dealkylation sites (N-methyl/N-ethyl adjacent to an activating group) is 1. The van der Waals surface area contributed by atoms with Gasteiger partial charge in [0, 0.05) is 18.3 Å². The smallest absolute Gasteiger partial charge is 0.322 e. The molecule has 3 unspecified atom stereocenters. The summed E-state index contributed by atoms with van der Waals surface area (Å²) in [5.41, 5.74) is -0.614. The predicted molar refractivity (Wildman–Crippen MR) is 91.5 cm³/mol. The zero-order valence-electron chi connectivity index (χ0n) is 16.4. The van der Waals surface area contributed by atoms with Crippen LogP contribution < -0.4 is 0 Å². The van der Waals surface area contributed by atoms with E-state index in [1.54, 1.807) is 4.90 Å². The molecule has 1 saturated carbocycles. The molecule has 148 valence electrons. The highest BCUT2D eigenvalue weighted by atomic mass is 17.3. The second kappa shape index (κ2) is 6.41. The lowest BCUT2D eigenvalue weighted by molar-refractivity contribution is -0.576. The summed E-state index contributed by atoms with van der Waals surface area (Å²) in [6.07, 6.45) is 2.69. The normalized spacial score (nSPS) is 50.2. The van der Waals surface area contributed by atoms with Crippen LogP contribution in [0.25, 0.3) is 0 Å². The third-order valence-electron chi connectivity index (χ3n) is 6.79. The van der Waals surface area contributed by atoms with E-state index in [0.29, 0.717) is 11.8 Å². The maximum absolute atomic E-state index is 12.2. The van der Waals surface area contributed by atoms with Crippen LogP contribution in [0.1, 0.15) is 46.5 Å². The minimum Gasteiger partial charge on any atom is -0.434 e. The lowest BCUT2D eigenvalue weighted by Gasteiger charge is -2.59. The van der Waals surface area contributed by atoms with Crippen molar-refractivity contribution in [3.63, 3.8) is 0 Å². The van der Waals surface area contributed by atoms with E-state index in [9.17, 15) is 4.79 Å². The first-order valence-corrected chi connectivity index (χ1v) is 9.79. The van der Waals surface area contributed by atoms with Crippen LogP contribution in [-0.4, -0.2) is 55.5 Å². The van der Waals surface area contributed by atoms with Gasteiger partial charge in [-0.25, -0.2) is 9.78 Å². The van der Waals surface area contributed by atoms with E-state index in [1.165, 1.54) is 0 Å². The van der Waals surface area contributed by atoms with Crippen LogP contribution in [0.2, 0.25) is 0 Å². The van der Waals surface area contributed by atoms with Crippen molar-refractivity contribution in [1.82, 2.24) is 4.90 Å². The van der Waals surface area contributed by atoms with Gasteiger partial charge in [0.2, 0.25) is 12.1 Å². The van der Waals surface area contributed by atoms with Gasteiger partial charge in [-0.2, -0.15) is 0 Å². The zero-order valence-corrected chi connectivity index (χ0v) is 16.4. The zero-order chi connectivity index (χ0) is 18.7. The fourth-order valence-corrected chi connectivity index (χ4v) is 5.43. The highest BCUT2D eigenvalue weighted by molar-refractivity contribution is 5.71. The summed E-state index contributed by atoms with van der Waals surface area (Å²) in [6.45, 7) is 6.49. The lowest BCUT2D eigenvalue weighted by atomic mass is 9.58. The fourth-order valence-electron chi connectivity index (χ4n) is 5.43. The van der Waals surface area contributed by atoms with Crippen LogP contribution >= 0.6 is 0 Å². The molecular formula is C19H31NO6. The van der Waals surface area contributed by atoms with Crippen molar-refractivity contribution in [1.29, 1.82) is 0 Å². The molecule has 1 aliphatic carbocycles. The van der Waals surface area contributed by atoms with Crippen LogP contribution in [0.5, 0.6) is 0 Å². The summed E-state index contributed by atoms with van der Waals surface area (Å²) in [4.78, 5) is 25.8. The van der Waals surface area contributed by atoms with E-state index >= 15 is 0 Å². The summed E-state index contributed by atoms with van der Waals surface area (Å²) in [7, 11) is 3.68. The topological polar surface area (TPSA) is 66.5 Å². The lowest BCUT2D eigenvalue weighted by Crippen LogP contribution is -2.70. The predicted octanol–water partition coefficient (Wildman–Crippen LogP) is 2.30. The quantitative estimate of drug-likeness (QED) is 0.558. The van der Waals surface area contributed by atoms with Gasteiger partial charge >= 0.3 is 5.97 Å². The van der Waals surface area contributed by atoms with E-state index in [1.807, 2.05) is 21.0 Å². The highest BCUT2D eigenvalue weighted by Gasteiger charge is 2.69. The van der Waals surface area contributed by atoms with Crippen LogP contribution in [0, 0.1) is 23.7 Å². The number of fused-ring (bicyclic) bond motifs is 2. The largest absolute Gasteiger partial charge is 0.434 e. The Labute approximate surface area is 155 Å². The molecule has 2 bridgehead atoms.